The summed E-state index contributed by atoms with van der Waals surface area (Å²) >= 11 is 0.911. The van der Waals surface area contributed by atoms with Gasteiger partial charge in [0, 0.05) is 18.0 Å². The van der Waals surface area contributed by atoms with Gasteiger partial charge in [-0.3, -0.25) is 14.9 Å². The number of nitrogens with zero attached hydrogens (tertiary/aromatic N) is 1. The van der Waals surface area contributed by atoms with Gasteiger partial charge < -0.3 is 10.1 Å². The van der Waals surface area contributed by atoms with E-state index in [1.165, 1.54) is 35.7 Å². The fourth-order valence-electron chi connectivity index (χ4n) is 2.14. The molecule has 0 aliphatic carbocycles. The zero-order valence-corrected chi connectivity index (χ0v) is 14.2. The summed E-state index contributed by atoms with van der Waals surface area (Å²) in [5.41, 5.74) is 1.10. The Labute approximate surface area is 152 Å². The van der Waals surface area contributed by atoms with Crippen molar-refractivity contribution >= 4 is 22.2 Å². The van der Waals surface area contributed by atoms with Crippen LogP contribution in [0.15, 0.2) is 60.0 Å². The lowest BCUT2D eigenvalue weighted by Gasteiger charge is -2.07. The van der Waals surface area contributed by atoms with Gasteiger partial charge in [-0.05, 0) is 42.0 Å². The van der Waals surface area contributed by atoms with Crippen molar-refractivity contribution in [2.45, 2.75) is 6.54 Å². The van der Waals surface area contributed by atoms with E-state index >= 15 is 0 Å². The topological polar surface area (TPSA) is 81.5 Å². The zero-order chi connectivity index (χ0) is 18.5. The van der Waals surface area contributed by atoms with Gasteiger partial charge in [-0.15, -0.1) is 0 Å². The first kappa shape index (κ1) is 17.6. The first-order chi connectivity index (χ1) is 12.5. The van der Waals surface area contributed by atoms with Crippen LogP contribution in [0.4, 0.5) is 9.39 Å². The average Bonchev–Trinajstić information content (AvgIpc) is 3.13. The van der Waals surface area contributed by atoms with Gasteiger partial charge in [0.2, 0.25) is 0 Å². The summed E-state index contributed by atoms with van der Waals surface area (Å²) in [5, 5.41) is 14.7. The van der Waals surface area contributed by atoms with E-state index in [1.807, 2.05) is 0 Å². The van der Waals surface area contributed by atoms with Crippen LogP contribution in [0.2, 0.25) is 0 Å². The largest absolute Gasteiger partial charge is 0.457 e. The molecule has 0 saturated heterocycles. The Morgan fingerprint density at radius 1 is 1.12 bits per heavy atom. The molecule has 3 aromatic rings. The highest BCUT2D eigenvalue weighted by Crippen LogP contribution is 2.23. The van der Waals surface area contributed by atoms with Crippen LogP contribution in [0.3, 0.4) is 0 Å². The van der Waals surface area contributed by atoms with Crippen molar-refractivity contribution in [1.29, 1.82) is 0 Å². The number of thiophene rings is 1. The van der Waals surface area contributed by atoms with Gasteiger partial charge in [-0.25, -0.2) is 4.39 Å². The molecule has 2 aromatic carbocycles. The number of halogens is 1. The second-order valence-electron chi connectivity index (χ2n) is 5.31. The summed E-state index contributed by atoms with van der Waals surface area (Å²) in [6, 6.07) is 14.0. The highest BCUT2D eigenvalue weighted by Gasteiger charge is 2.14. The Morgan fingerprint density at radius 3 is 2.31 bits per heavy atom. The van der Waals surface area contributed by atoms with E-state index in [-0.39, 0.29) is 28.8 Å². The number of carbonyl (C=O) groups excluding carboxylic acids is 1. The van der Waals surface area contributed by atoms with E-state index in [0.29, 0.717) is 11.5 Å². The maximum absolute atomic E-state index is 12.9. The normalized spacial score (nSPS) is 10.3. The zero-order valence-electron chi connectivity index (χ0n) is 13.3. The fourth-order valence-corrected chi connectivity index (χ4v) is 2.84. The Hall–Kier alpha value is -3.26. The number of amides is 1. The van der Waals surface area contributed by atoms with Crippen molar-refractivity contribution in [2.24, 2.45) is 0 Å². The van der Waals surface area contributed by atoms with Gasteiger partial charge in [0.05, 0.1) is 10.5 Å². The molecule has 0 fully saturated rings. The average molecular weight is 372 g/mol. The predicted molar refractivity (Wildman–Crippen MR) is 95.1 cm³/mol. The van der Waals surface area contributed by atoms with Crippen molar-refractivity contribution < 1.29 is 18.8 Å². The standard InChI is InChI=1S/C18H13FN2O4S/c19-14-3-7-16(8-4-14)25-15-5-1-12(2-6-15)10-20-18(22)13-9-17(21(23)24)26-11-13/h1-9,11H,10H2,(H,20,22). The molecule has 0 unspecified atom stereocenters. The second kappa shape index (κ2) is 7.75. The molecule has 26 heavy (non-hydrogen) atoms. The minimum Gasteiger partial charge on any atom is -0.457 e. The summed E-state index contributed by atoms with van der Waals surface area (Å²) in [4.78, 5) is 22.1. The molecule has 0 aliphatic heterocycles. The molecular formula is C18H13FN2O4S. The van der Waals surface area contributed by atoms with Crippen molar-refractivity contribution in [3.8, 4) is 11.5 Å². The third-order valence-electron chi connectivity index (χ3n) is 3.45. The van der Waals surface area contributed by atoms with Crippen LogP contribution in [0.5, 0.6) is 11.5 Å². The Bertz CT molecular complexity index is 923. The fraction of sp³-hybridized carbons (Fsp3) is 0.0556. The summed E-state index contributed by atoms with van der Waals surface area (Å²) < 4.78 is 18.5. The number of carbonyl (C=O) groups is 1. The van der Waals surface area contributed by atoms with E-state index in [0.717, 1.165) is 16.9 Å². The molecule has 6 nitrogen and oxygen atoms in total. The molecule has 0 atom stereocenters. The van der Waals surface area contributed by atoms with Crippen LogP contribution in [0.25, 0.3) is 0 Å². The Morgan fingerprint density at radius 2 is 1.73 bits per heavy atom. The van der Waals surface area contributed by atoms with Gasteiger partial charge in [0.1, 0.15) is 17.3 Å². The first-order valence-electron chi connectivity index (χ1n) is 7.55. The Balaban J connectivity index is 1.56. The van der Waals surface area contributed by atoms with Crippen LogP contribution >= 0.6 is 11.3 Å². The summed E-state index contributed by atoms with van der Waals surface area (Å²) in [6.45, 7) is 0.277. The number of nitrogens with one attached hydrogen (secondary N) is 1. The van der Waals surface area contributed by atoms with E-state index in [2.05, 4.69) is 5.32 Å². The molecule has 8 heteroatoms. The van der Waals surface area contributed by atoms with Crippen LogP contribution in [-0.2, 0) is 6.54 Å². The van der Waals surface area contributed by atoms with Crippen LogP contribution < -0.4 is 10.1 Å². The maximum Gasteiger partial charge on any atom is 0.324 e. The molecule has 1 heterocycles. The second-order valence-corrected chi connectivity index (χ2v) is 6.20. The number of nitro groups is 1. The molecule has 0 aliphatic rings. The molecule has 0 bridgehead atoms. The smallest absolute Gasteiger partial charge is 0.324 e. The van der Waals surface area contributed by atoms with Crippen molar-refractivity contribution in [3.05, 3.63) is 87.0 Å². The highest BCUT2D eigenvalue weighted by molar-refractivity contribution is 7.13. The summed E-state index contributed by atoms with van der Waals surface area (Å²) in [6.07, 6.45) is 0. The lowest BCUT2D eigenvalue weighted by atomic mass is 10.2. The third-order valence-corrected chi connectivity index (χ3v) is 4.33. The van der Waals surface area contributed by atoms with Crippen LogP contribution in [0, 0.1) is 15.9 Å². The van der Waals surface area contributed by atoms with E-state index in [4.69, 9.17) is 4.74 Å². The molecule has 0 saturated carbocycles. The monoisotopic (exact) mass is 372 g/mol. The lowest BCUT2D eigenvalue weighted by Crippen LogP contribution is -2.22. The highest BCUT2D eigenvalue weighted by atomic mass is 32.1. The van der Waals surface area contributed by atoms with Crippen LogP contribution in [0.1, 0.15) is 15.9 Å². The lowest BCUT2D eigenvalue weighted by molar-refractivity contribution is -0.380. The maximum atomic E-state index is 12.9. The van der Waals surface area contributed by atoms with Gasteiger partial charge in [0.15, 0.2) is 0 Å². The summed E-state index contributed by atoms with van der Waals surface area (Å²) in [7, 11) is 0. The minimum absolute atomic E-state index is 0.0718. The van der Waals surface area contributed by atoms with Gasteiger partial charge >= 0.3 is 5.00 Å². The molecular weight excluding hydrogens is 359 g/mol. The van der Waals surface area contributed by atoms with E-state index in [9.17, 15) is 19.3 Å². The molecule has 1 aromatic heterocycles. The van der Waals surface area contributed by atoms with Gasteiger partial charge in [-0.1, -0.05) is 23.5 Å². The van der Waals surface area contributed by atoms with Crippen molar-refractivity contribution in [1.82, 2.24) is 5.32 Å². The number of ether oxygens (including phenoxy) is 1. The molecule has 0 spiro atoms. The molecule has 132 valence electrons. The first-order valence-corrected chi connectivity index (χ1v) is 8.43. The van der Waals surface area contributed by atoms with E-state index < -0.39 is 4.92 Å². The van der Waals surface area contributed by atoms with E-state index in [1.54, 1.807) is 24.3 Å². The molecule has 3 rings (SSSR count). The third kappa shape index (κ3) is 4.42. The minimum atomic E-state index is -0.526. The van der Waals surface area contributed by atoms with Crippen molar-refractivity contribution in [2.75, 3.05) is 0 Å². The number of benzene rings is 2. The Kier molecular flexibility index (Phi) is 5.23. The summed E-state index contributed by atoms with van der Waals surface area (Å²) in [5.74, 6) is 0.395. The quantitative estimate of drug-likeness (QED) is 0.510. The number of hydrogen-bond donors (Lipinski definition) is 1. The van der Waals surface area contributed by atoms with Crippen LogP contribution in [-0.4, -0.2) is 10.8 Å². The predicted octanol–water partition coefficient (Wildman–Crippen LogP) is 4.52. The molecule has 1 amide bonds. The van der Waals surface area contributed by atoms with Gasteiger partial charge in [-0.2, -0.15) is 0 Å². The molecule has 1 N–H and O–H groups in total. The van der Waals surface area contributed by atoms with Gasteiger partial charge in [0.25, 0.3) is 5.91 Å². The molecule has 0 radical (unpaired) electrons. The van der Waals surface area contributed by atoms with Crippen molar-refractivity contribution in [3.63, 3.8) is 0 Å². The number of rotatable bonds is 6. The SMILES string of the molecule is O=C(NCc1ccc(Oc2ccc(F)cc2)cc1)c1csc([N+](=O)[O-])c1. The number of hydrogen-bond acceptors (Lipinski definition) is 5.